The van der Waals surface area contributed by atoms with E-state index >= 15 is 0 Å². The predicted octanol–water partition coefficient (Wildman–Crippen LogP) is 4.39. The molecule has 0 aromatic carbocycles. The molecule has 1 saturated heterocycles. The lowest BCUT2D eigenvalue weighted by Gasteiger charge is -2.32. The average Bonchev–Trinajstić information content (AvgIpc) is 2.96. The van der Waals surface area contributed by atoms with Gasteiger partial charge in [-0.1, -0.05) is 6.07 Å². The minimum Gasteiger partial charge on any atom is -0.443 e. The number of rotatable bonds is 4. The Bertz CT molecular complexity index is 566. The number of carbonyl (C=O) groups excluding carboxylic acids is 1. The quantitative estimate of drug-likeness (QED) is 0.820. The number of aromatic nitrogens is 1. The van der Waals surface area contributed by atoms with E-state index in [9.17, 15) is 4.79 Å². The van der Waals surface area contributed by atoms with Crippen molar-refractivity contribution in [2.24, 2.45) is 0 Å². The van der Waals surface area contributed by atoms with E-state index in [1.807, 2.05) is 33.8 Å². The summed E-state index contributed by atoms with van der Waals surface area (Å²) in [5.41, 5.74) is 0.605. The fraction of sp³-hybridized carbons (Fsp3) is 0.684. The zero-order valence-electron chi connectivity index (χ0n) is 15.9. The van der Waals surface area contributed by atoms with Crippen molar-refractivity contribution in [1.82, 2.24) is 9.88 Å². The van der Waals surface area contributed by atoms with Crippen LogP contribution in [-0.4, -0.2) is 40.7 Å². The molecular weight excluding hydrogens is 302 g/mol. The van der Waals surface area contributed by atoms with Gasteiger partial charge in [0.1, 0.15) is 11.4 Å². The van der Waals surface area contributed by atoms with Crippen LogP contribution in [0.3, 0.4) is 0 Å². The average molecular weight is 333 g/mol. The van der Waals surface area contributed by atoms with Crippen LogP contribution in [0, 0.1) is 0 Å². The lowest BCUT2D eigenvalue weighted by molar-refractivity contribution is 0.0580. The van der Waals surface area contributed by atoms with E-state index in [0.717, 1.165) is 24.3 Å². The maximum Gasteiger partial charge on any atom is 0.415 e. The summed E-state index contributed by atoms with van der Waals surface area (Å²) in [4.78, 5) is 21.3. The third-order valence-electron chi connectivity index (χ3n) is 4.32. The molecule has 2 rings (SSSR count). The van der Waals surface area contributed by atoms with Gasteiger partial charge < -0.3 is 4.74 Å². The number of hydrogen-bond acceptors (Lipinski definition) is 4. The van der Waals surface area contributed by atoms with Gasteiger partial charge >= 0.3 is 6.09 Å². The Labute approximate surface area is 146 Å². The van der Waals surface area contributed by atoms with Gasteiger partial charge in [-0.05, 0) is 67.0 Å². The molecule has 0 radical (unpaired) electrons. The summed E-state index contributed by atoms with van der Waals surface area (Å²) in [5, 5.41) is 0. The first-order valence-corrected chi connectivity index (χ1v) is 8.95. The first kappa shape index (κ1) is 18.7. The second kappa shape index (κ2) is 7.51. The van der Waals surface area contributed by atoms with Gasteiger partial charge in [0.25, 0.3) is 0 Å². The lowest BCUT2D eigenvalue weighted by Crippen LogP contribution is -2.38. The zero-order valence-corrected chi connectivity index (χ0v) is 15.9. The fourth-order valence-electron chi connectivity index (χ4n) is 3.32. The highest BCUT2D eigenvalue weighted by atomic mass is 16.6. The number of anilines is 1. The molecular formula is C19H31N3O2. The molecule has 0 spiro atoms. The van der Waals surface area contributed by atoms with Crippen LogP contribution in [0.4, 0.5) is 10.6 Å². The van der Waals surface area contributed by atoms with Crippen LogP contribution < -0.4 is 4.90 Å². The molecule has 1 aromatic heterocycles. The molecule has 0 saturated carbocycles. The second-order valence-corrected chi connectivity index (χ2v) is 7.63. The Morgan fingerprint density at radius 3 is 2.75 bits per heavy atom. The number of ether oxygens (including phenoxy) is 1. The molecule has 0 N–H and O–H groups in total. The highest BCUT2D eigenvalue weighted by Crippen LogP contribution is 2.37. The molecule has 5 heteroatoms. The standard InChI is InChI=1S/C19H31N3O2/c1-7-21(18(23)24-19(4,5)6)17-15(10-8-12-20-17)16-11-9-13-22(16)14(2)3/h8,10,12,14,16H,7,9,11,13H2,1-6H3/t16-/m0/s1. The predicted molar refractivity (Wildman–Crippen MR) is 97.3 cm³/mol. The molecule has 1 aliphatic heterocycles. The first-order chi connectivity index (χ1) is 11.2. The van der Waals surface area contributed by atoms with Gasteiger partial charge in [-0.3, -0.25) is 9.80 Å². The highest BCUT2D eigenvalue weighted by Gasteiger charge is 2.33. The molecule has 1 amide bonds. The van der Waals surface area contributed by atoms with Crippen LogP contribution in [-0.2, 0) is 4.74 Å². The number of carbonyl (C=O) groups is 1. The van der Waals surface area contributed by atoms with Crippen molar-refractivity contribution in [1.29, 1.82) is 0 Å². The number of likely N-dealkylation sites (tertiary alicyclic amines) is 1. The van der Waals surface area contributed by atoms with E-state index in [1.54, 1.807) is 11.1 Å². The normalized spacial score (nSPS) is 18.9. The maximum atomic E-state index is 12.6. The topological polar surface area (TPSA) is 45.7 Å². The number of pyridine rings is 1. The van der Waals surface area contributed by atoms with E-state index < -0.39 is 5.60 Å². The van der Waals surface area contributed by atoms with Crippen LogP contribution in [0.2, 0.25) is 0 Å². The largest absolute Gasteiger partial charge is 0.443 e. The van der Waals surface area contributed by atoms with Gasteiger partial charge in [-0.2, -0.15) is 0 Å². The Morgan fingerprint density at radius 1 is 1.46 bits per heavy atom. The van der Waals surface area contributed by atoms with Crippen molar-refractivity contribution >= 4 is 11.9 Å². The molecule has 1 fully saturated rings. The van der Waals surface area contributed by atoms with E-state index in [-0.39, 0.29) is 6.09 Å². The van der Waals surface area contributed by atoms with Crippen molar-refractivity contribution in [3.63, 3.8) is 0 Å². The zero-order chi connectivity index (χ0) is 17.9. The second-order valence-electron chi connectivity index (χ2n) is 7.63. The summed E-state index contributed by atoms with van der Waals surface area (Å²) in [6.45, 7) is 13.7. The van der Waals surface area contributed by atoms with Crippen molar-refractivity contribution in [2.45, 2.75) is 72.1 Å². The highest BCUT2D eigenvalue weighted by molar-refractivity contribution is 5.87. The summed E-state index contributed by atoms with van der Waals surface area (Å²) < 4.78 is 5.57. The van der Waals surface area contributed by atoms with E-state index in [4.69, 9.17) is 4.74 Å². The lowest BCUT2D eigenvalue weighted by atomic mass is 10.0. The number of nitrogens with zero attached hydrogens (tertiary/aromatic N) is 3. The van der Waals surface area contributed by atoms with Crippen LogP contribution in [0.15, 0.2) is 18.3 Å². The minimum absolute atomic E-state index is 0.310. The van der Waals surface area contributed by atoms with Crippen molar-refractivity contribution in [3.05, 3.63) is 23.9 Å². The molecule has 2 heterocycles. The third-order valence-corrected chi connectivity index (χ3v) is 4.32. The van der Waals surface area contributed by atoms with Gasteiger partial charge in [0.05, 0.1) is 0 Å². The number of amides is 1. The Balaban J connectivity index is 2.34. The summed E-state index contributed by atoms with van der Waals surface area (Å²) in [5.74, 6) is 0.729. The number of hydrogen-bond donors (Lipinski definition) is 0. The maximum absolute atomic E-state index is 12.6. The fourth-order valence-corrected chi connectivity index (χ4v) is 3.32. The van der Waals surface area contributed by atoms with Gasteiger partial charge in [0, 0.05) is 30.4 Å². The van der Waals surface area contributed by atoms with Crippen LogP contribution >= 0.6 is 0 Å². The Hall–Kier alpha value is -1.62. The van der Waals surface area contributed by atoms with E-state index in [0.29, 0.717) is 18.6 Å². The summed E-state index contributed by atoms with van der Waals surface area (Å²) in [7, 11) is 0. The molecule has 0 bridgehead atoms. The minimum atomic E-state index is -0.517. The summed E-state index contributed by atoms with van der Waals surface area (Å²) >= 11 is 0. The Morgan fingerprint density at radius 2 is 2.17 bits per heavy atom. The summed E-state index contributed by atoms with van der Waals surface area (Å²) in [6, 6.07) is 4.84. The van der Waals surface area contributed by atoms with Gasteiger partial charge in [0.15, 0.2) is 0 Å². The van der Waals surface area contributed by atoms with Crippen molar-refractivity contribution in [3.8, 4) is 0 Å². The van der Waals surface area contributed by atoms with Crippen LogP contribution in [0.25, 0.3) is 0 Å². The SMILES string of the molecule is CCN(C(=O)OC(C)(C)C)c1ncccc1[C@@H]1CCCN1C(C)C. The summed E-state index contributed by atoms with van der Waals surface area (Å²) in [6.07, 6.45) is 3.69. The molecule has 1 atom stereocenters. The van der Waals surface area contributed by atoms with Crippen molar-refractivity contribution in [2.75, 3.05) is 18.0 Å². The smallest absolute Gasteiger partial charge is 0.415 e. The Kier molecular flexibility index (Phi) is 5.86. The first-order valence-electron chi connectivity index (χ1n) is 8.95. The molecule has 0 aliphatic carbocycles. The van der Waals surface area contributed by atoms with Gasteiger partial charge in [0.2, 0.25) is 0 Å². The monoisotopic (exact) mass is 333 g/mol. The van der Waals surface area contributed by atoms with Crippen LogP contribution in [0.5, 0.6) is 0 Å². The molecule has 1 aliphatic rings. The van der Waals surface area contributed by atoms with Crippen LogP contribution in [0.1, 0.15) is 66.0 Å². The molecule has 134 valence electrons. The molecule has 24 heavy (non-hydrogen) atoms. The molecule has 5 nitrogen and oxygen atoms in total. The van der Waals surface area contributed by atoms with Gasteiger partial charge in [-0.25, -0.2) is 9.78 Å². The van der Waals surface area contributed by atoms with E-state index in [2.05, 4.69) is 29.8 Å². The van der Waals surface area contributed by atoms with Gasteiger partial charge in [-0.15, -0.1) is 0 Å². The van der Waals surface area contributed by atoms with E-state index in [1.165, 1.54) is 6.42 Å². The molecule has 1 aromatic rings. The third kappa shape index (κ3) is 4.26. The van der Waals surface area contributed by atoms with Crippen molar-refractivity contribution < 1.29 is 9.53 Å². The molecule has 0 unspecified atom stereocenters.